The number of nitrogens with one attached hydrogen (secondary N) is 1. The summed E-state index contributed by atoms with van der Waals surface area (Å²) in [7, 11) is 0. The van der Waals surface area contributed by atoms with Gasteiger partial charge in [0.15, 0.2) is 18.9 Å². The SMILES string of the molecule is CC/C=C\C/C=C\C/C=C\C/C=C\C/C=C\CCCCCCCCCCCCCCCCCCCCCCCCCCCC(=O)NC(COC1OC(CO)C(OC2OC(CO)C(OC3OC(CO)C(O)C(O)C3O)C(O)C2O)C(O)C1O)C(O)/C=C/CC/C=C/CCCCCCCCCCCCCCCCCCC. The maximum atomic E-state index is 13.5. The van der Waals surface area contributed by atoms with E-state index in [9.17, 15) is 61.0 Å². The molecule has 0 aromatic heterocycles. The summed E-state index contributed by atoms with van der Waals surface area (Å²) < 4.78 is 34.5. The minimum atomic E-state index is -1.98. The van der Waals surface area contributed by atoms with E-state index in [1.165, 1.54) is 244 Å². The monoisotopic (exact) mass is 1540 g/mol. The third-order valence-electron chi connectivity index (χ3n) is 21.7. The average Bonchev–Trinajstić information content (AvgIpc) is 0.760. The van der Waals surface area contributed by atoms with E-state index in [0.29, 0.717) is 12.8 Å². The quantitative estimate of drug-likeness (QED) is 0.0199. The van der Waals surface area contributed by atoms with Crippen molar-refractivity contribution in [3.05, 3.63) is 85.1 Å². The molecule has 19 heteroatoms. The van der Waals surface area contributed by atoms with Gasteiger partial charge in [-0.2, -0.15) is 0 Å². The zero-order chi connectivity index (χ0) is 78.8. The van der Waals surface area contributed by atoms with E-state index < -0.39 is 124 Å². The van der Waals surface area contributed by atoms with E-state index in [1.54, 1.807) is 6.08 Å². The normalized spacial score (nSPS) is 25.7. The lowest BCUT2D eigenvalue weighted by atomic mass is 9.96. The van der Waals surface area contributed by atoms with Gasteiger partial charge in [0.1, 0.15) is 73.2 Å². The van der Waals surface area contributed by atoms with Crippen molar-refractivity contribution in [3.63, 3.8) is 0 Å². The fourth-order valence-corrected chi connectivity index (χ4v) is 14.7. The van der Waals surface area contributed by atoms with Gasteiger partial charge in [0.2, 0.25) is 5.91 Å². The molecule has 3 rings (SSSR count). The zero-order valence-corrected chi connectivity index (χ0v) is 68.3. The van der Waals surface area contributed by atoms with Gasteiger partial charge in [-0.1, -0.05) is 349 Å². The molecule has 12 N–H and O–H groups in total. The molecule has 17 unspecified atom stereocenters. The maximum Gasteiger partial charge on any atom is 0.220 e. The van der Waals surface area contributed by atoms with Crippen LogP contribution in [0.3, 0.4) is 0 Å². The van der Waals surface area contributed by atoms with Gasteiger partial charge in [0, 0.05) is 6.42 Å². The molecule has 0 aromatic carbocycles. The molecule has 1 amide bonds. The highest BCUT2D eigenvalue weighted by atomic mass is 16.8. The van der Waals surface area contributed by atoms with Crippen molar-refractivity contribution >= 4 is 5.91 Å². The van der Waals surface area contributed by atoms with Gasteiger partial charge < -0.3 is 89.9 Å². The second-order valence-electron chi connectivity index (χ2n) is 31.3. The molecule has 0 saturated carbocycles. The molecule has 17 atom stereocenters. The van der Waals surface area contributed by atoms with Crippen LogP contribution in [-0.4, -0.2) is 193 Å². The Morgan fingerprint density at radius 1 is 0.339 bits per heavy atom. The lowest BCUT2D eigenvalue weighted by Gasteiger charge is -2.48. The number of hydrogen-bond donors (Lipinski definition) is 12. The molecular weight excluding hydrogens is 1380 g/mol. The third-order valence-corrected chi connectivity index (χ3v) is 21.7. The molecule has 0 radical (unpaired) electrons. The van der Waals surface area contributed by atoms with E-state index in [2.05, 4.69) is 92.1 Å². The van der Waals surface area contributed by atoms with Crippen molar-refractivity contribution in [1.29, 1.82) is 0 Å². The first kappa shape index (κ1) is 100. The Bertz CT molecular complexity index is 2300. The molecule has 3 saturated heterocycles. The van der Waals surface area contributed by atoms with Crippen LogP contribution in [0.25, 0.3) is 0 Å². The summed E-state index contributed by atoms with van der Waals surface area (Å²) in [6.45, 7) is 1.65. The Balaban J connectivity index is 1.30. The second-order valence-corrected chi connectivity index (χ2v) is 31.3. The van der Waals surface area contributed by atoms with Crippen molar-refractivity contribution < 1.29 is 89.4 Å². The topological polar surface area (TPSA) is 307 Å². The molecule has 0 aliphatic carbocycles. The van der Waals surface area contributed by atoms with Crippen molar-refractivity contribution in [3.8, 4) is 0 Å². The number of aliphatic hydroxyl groups is 11. The van der Waals surface area contributed by atoms with Crippen LogP contribution in [0, 0.1) is 0 Å². The molecule has 0 spiro atoms. The van der Waals surface area contributed by atoms with E-state index >= 15 is 0 Å². The molecule has 3 heterocycles. The van der Waals surface area contributed by atoms with Crippen molar-refractivity contribution in [2.24, 2.45) is 0 Å². The van der Waals surface area contributed by atoms with Gasteiger partial charge in [0.05, 0.1) is 38.6 Å². The fourth-order valence-electron chi connectivity index (χ4n) is 14.7. The standard InChI is InChI=1S/C90H161NO18/c1-3-5-7-9-11-13-15-17-19-21-23-25-27-28-29-30-31-32-33-34-35-36-37-38-39-40-41-42-43-44-46-48-50-52-54-56-58-60-62-64-66-68-78(96)91-73(74(95)67-65-63-61-59-57-55-53-51-49-47-45-26-24-22-20-18-16-14-12-10-8-6-4-2)72-104-88-84(102)81(99)86(76(70-93)106-88)109-90-85(103)82(100)87(77(71-94)107-90)108-89-83(101)80(98)79(97)75(69-92)105-89/h5,7,11,13,17,19,23,25,28-29,57,59,65,67,73-77,79-90,92-95,97-103H,3-4,6,8-10,12,14-16,18,20-22,24,26-27,30-56,58,60-64,66,68-72H2,1-2H3,(H,91,96)/b7-5-,13-11-,19-17-,25-23-,29-28-,59-57+,67-65+. The summed E-state index contributed by atoms with van der Waals surface area (Å²) >= 11 is 0. The Morgan fingerprint density at radius 3 is 1.03 bits per heavy atom. The Hall–Kier alpha value is -3.03. The molecule has 19 nitrogen and oxygen atoms in total. The van der Waals surface area contributed by atoms with Crippen molar-refractivity contribution in [1.82, 2.24) is 5.32 Å². The van der Waals surface area contributed by atoms with Crippen LogP contribution in [0.1, 0.15) is 348 Å². The van der Waals surface area contributed by atoms with E-state index in [-0.39, 0.29) is 18.9 Å². The minimum absolute atomic E-state index is 0.237. The van der Waals surface area contributed by atoms with Gasteiger partial charge in [-0.25, -0.2) is 0 Å². The molecule has 3 aliphatic heterocycles. The summed E-state index contributed by atoms with van der Waals surface area (Å²) in [6.07, 6.45) is 67.4. The van der Waals surface area contributed by atoms with Crippen LogP contribution in [0.5, 0.6) is 0 Å². The van der Waals surface area contributed by atoms with Gasteiger partial charge in [0.25, 0.3) is 0 Å². The smallest absolute Gasteiger partial charge is 0.220 e. The van der Waals surface area contributed by atoms with Gasteiger partial charge >= 0.3 is 0 Å². The second kappa shape index (κ2) is 69.3. The van der Waals surface area contributed by atoms with Gasteiger partial charge in [-0.3, -0.25) is 4.79 Å². The minimum Gasteiger partial charge on any atom is -0.394 e. The van der Waals surface area contributed by atoms with Gasteiger partial charge in [-0.15, -0.1) is 0 Å². The molecule has 109 heavy (non-hydrogen) atoms. The van der Waals surface area contributed by atoms with Crippen molar-refractivity contribution in [2.45, 2.75) is 452 Å². The predicted molar refractivity (Wildman–Crippen MR) is 438 cm³/mol. The van der Waals surface area contributed by atoms with Crippen molar-refractivity contribution in [2.75, 3.05) is 26.4 Å². The van der Waals surface area contributed by atoms with Gasteiger partial charge in [-0.05, 0) is 77.0 Å². The number of rotatable bonds is 71. The first-order chi connectivity index (χ1) is 53.3. The fraction of sp³-hybridized carbons (Fsp3) is 0.833. The molecular formula is C90H161NO18. The number of amides is 1. The average molecular weight is 1550 g/mol. The summed E-state index contributed by atoms with van der Waals surface area (Å²) in [5, 5.41) is 121. The lowest BCUT2D eigenvalue weighted by Crippen LogP contribution is -2.66. The van der Waals surface area contributed by atoms with Crippen LogP contribution in [0.15, 0.2) is 85.1 Å². The largest absolute Gasteiger partial charge is 0.394 e. The first-order valence-electron chi connectivity index (χ1n) is 44.3. The predicted octanol–water partition coefficient (Wildman–Crippen LogP) is 16.5. The van der Waals surface area contributed by atoms with Crippen LogP contribution < -0.4 is 5.32 Å². The number of hydrogen-bond acceptors (Lipinski definition) is 18. The Kier molecular flexibility index (Phi) is 63.7. The van der Waals surface area contributed by atoms with Crippen LogP contribution in [-0.2, 0) is 33.2 Å². The number of carbonyl (C=O) groups is 1. The summed E-state index contributed by atoms with van der Waals surface area (Å²) in [5.74, 6) is -0.280. The molecule has 634 valence electrons. The van der Waals surface area contributed by atoms with E-state index in [4.69, 9.17) is 28.4 Å². The number of unbranched alkanes of at least 4 members (excludes halogenated alkanes) is 43. The number of aliphatic hydroxyl groups excluding tert-OH is 11. The highest BCUT2D eigenvalue weighted by molar-refractivity contribution is 5.76. The molecule has 3 fully saturated rings. The van der Waals surface area contributed by atoms with E-state index in [1.807, 2.05) is 6.08 Å². The van der Waals surface area contributed by atoms with Crippen LogP contribution in [0.4, 0.5) is 0 Å². The lowest BCUT2D eigenvalue weighted by molar-refractivity contribution is -0.379. The van der Waals surface area contributed by atoms with E-state index in [0.717, 1.165) is 70.6 Å². The third kappa shape index (κ3) is 48.2. The first-order valence-corrected chi connectivity index (χ1v) is 44.3. The summed E-state index contributed by atoms with van der Waals surface area (Å²) in [4.78, 5) is 13.5. The zero-order valence-electron chi connectivity index (χ0n) is 68.3. The Morgan fingerprint density at radius 2 is 0.642 bits per heavy atom. The number of carbonyl (C=O) groups excluding carboxylic acids is 1. The number of ether oxygens (including phenoxy) is 6. The molecule has 0 aromatic rings. The Labute approximate surface area is 661 Å². The highest BCUT2D eigenvalue weighted by Gasteiger charge is 2.54. The maximum absolute atomic E-state index is 13.5. The molecule has 0 bridgehead atoms. The number of allylic oxidation sites excluding steroid dienone is 13. The summed E-state index contributed by atoms with van der Waals surface area (Å²) in [6, 6.07) is -0.993. The van der Waals surface area contributed by atoms with Crippen LogP contribution >= 0.6 is 0 Å². The highest BCUT2D eigenvalue weighted by Crippen LogP contribution is 2.33. The summed E-state index contributed by atoms with van der Waals surface area (Å²) in [5.41, 5.74) is 0. The molecule has 3 aliphatic rings. The van der Waals surface area contributed by atoms with Crippen LogP contribution in [0.2, 0.25) is 0 Å².